The van der Waals surface area contributed by atoms with Crippen LogP contribution in [0.4, 0.5) is 0 Å². The summed E-state index contributed by atoms with van der Waals surface area (Å²) >= 11 is 0. The average molecular weight is 339 g/mol. The number of carbonyl (C=O) groups excluding carboxylic acids is 2. The van der Waals surface area contributed by atoms with Gasteiger partial charge in [-0.3, -0.25) is 14.3 Å². The highest BCUT2D eigenvalue weighted by molar-refractivity contribution is 6.01. The number of ketones is 1. The van der Waals surface area contributed by atoms with E-state index in [0.29, 0.717) is 19.4 Å². The molecule has 2 aromatic rings. The molecule has 5 heteroatoms. The second-order valence-electron chi connectivity index (χ2n) is 6.59. The molecule has 1 atom stereocenters. The maximum Gasteiger partial charge on any atom is 0.220 e. The minimum atomic E-state index is -0.0116. The Hall–Kier alpha value is -2.43. The number of Topliss-reactive ketones (excluding diaryl/α,β-unsaturated/α-hetero) is 1. The van der Waals surface area contributed by atoms with E-state index in [4.69, 9.17) is 0 Å². The lowest BCUT2D eigenvalue weighted by molar-refractivity contribution is -0.121. The fraction of sp³-hybridized carbons (Fsp3) is 0.450. The zero-order valence-corrected chi connectivity index (χ0v) is 15.1. The molecule has 0 saturated carbocycles. The predicted molar refractivity (Wildman–Crippen MR) is 96.6 cm³/mol. The Morgan fingerprint density at radius 1 is 1.28 bits per heavy atom. The molecule has 1 amide bonds. The van der Waals surface area contributed by atoms with Crippen LogP contribution in [-0.2, 0) is 31.2 Å². The smallest absolute Gasteiger partial charge is 0.220 e. The van der Waals surface area contributed by atoms with Crippen LogP contribution >= 0.6 is 0 Å². The first-order valence-electron chi connectivity index (χ1n) is 8.97. The lowest BCUT2D eigenvalue weighted by Gasteiger charge is -2.12. The van der Waals surface area contributed by atoms with Gasteiger partial charge in [-0.2, -0.15) is 5.10 Å². The molecular formula is C20H25N3O2. The van der Waals surface area contributed by atoms with Crippen molar-refractivity contribution in [1.82, 2.24) is 15.1 Å². The Labute approximate surface area is 148 Å². The number of carbonyl (C=O) groups is 2. The fourth-order valence-electron chi connectivity index (χ4n) is 3.81. The van der Waals surface area contributed by atoms with Gasteiger partial charge in [0.1, 0.15) is 0 Å². The number of rotatable bonds is 6. The lowest BCUT2D eigenvalue weighted by Crippen LogP contribution is -2.25. The van der Waals surface area contributed by atoms with E-state index >= 15 is 0 Å². The molecule has 5 nitrogen and oxygen atoms in total. The number of fused-ring (bicyclic) bond motifs is 1. The number of nitrogens with zero attached hydrogens (tertiary/aromatic N) is 2. The highest BCUT2D eigenvalue weighted by Crippen LogP contribution is 2.35. The molecule has 0 radical (unpaired) electrons. The van der Waals surface area contributed by atoms with Crippen LogP contribution in [0.3, 0.4) is 0 Å². The lowest BCUT2D eigenvalue weighted by atomic mass is 9.97. The molecule has 0 saturated heterocycles. The quantitative estimate of drug-likeness (QED) is 0.880. The van der Waals surface area contributed by atoms with Crippen molar-refractivity contribution >= 4 is 11.7 Å². The maximum absolute atomic E-state index is 12.4. The summed E-state index contributed by atoms with van der Waals surface area (Å²) in [4.78, 5) is 24.5. The van der Waals surface area contributed by atoms with E-state index in [0.717, 1.165) is 35.2 Å². The normalized spacial score (nSPS) is 16.1. The Morgan fingerprint density at radius 2 is 2.04 bits per heavy atom. The number of nitrogens with one attached hydrogen (secondary N) is 1. The fourth-order valence-corrected chi connectivity index (χ4v) is 3.81. The summed E-state index contributed by atoms with van der Waals surface area (Å²) in [6.45, 7) is 4.68. The average Bonchev–Trinajstić information content (AvgIpc) is 3.09. The van der Waals surface area contributed by atoms with Crippen molar-refractivity contribution in [2.24, 2.45) is 7.05 Å². The Balaban J connectivity index is 1.66. The van der Waals surface area contributed by atoms with Gasteiger partial charge in [-0.15, -0.1) is 0 Å². The summed E-state index contributed by atoms with van der Waals surface area (Å²) in [5.41, 5.74) is 5.12. The maximum atomic E-state index is 12.4. The van der Waals surface area contributed by atoms with Crippen LogP contribution in [0.15, 0.2) is 24.3 Å². The van der Waals surface area contributed by atoms with Gasteiger partial charge in [-0.05, 0) is 18.4 Å². The SMILES string of the molecule is CCc1nn(C)c(CC)c1CNC(=O)CC1CC(=O)c2ccccc21. The highest BCUT2D eigenvalue weighted by atomic mass is 16.1. The van der Waals surface area contributed by atoms with Gasteiger partial charge in [-0.25, -0.2) is 0 Å². The van der Waals surface area contributed by atoms with Gasteiger partial charge < -0.3 is 5.32 Å². The third-order valence-corrected chi connectivity index (χ3v) is 5.05. The minimum Gasteiger partial charge on any atom is -0.352 e. The number of amides is 1. The summed E-state index contributed by atoms with van der Waals surface area (Å²) < 4.78 is 1.91. The first-order chi connectivity index (χ1) is 12.0. The summed E-state index contributed by atoms with van der Waals surface area (Å²) in [6.07, 6.45) is 2.52. The topological polar surface area (TPSA) is 64.0 Å². The number of hydrogen-bond acceptors (Lipinski definition) is 3. The second kappa shape index (κ2) is 7.21. The van der Waals surface area contributed by atoms with Gasteiger partial charge in [-0.1, -0.05) is 38.1 Å². The zero-order valence-electron chi connectivity index (χ0n) is 15.1. The van der Waals surface area contributed by atoms with Crippen molar-refractivity contribution < 1.29 is 9.59 Å². The van der Waals surface area contributed by atoms with Crippen molar-refractivity contribution in [3.63, 3.8) is 0 Å². The van der Waals surface area contributed by atoms with Crippen molar-refractivity contribution in [2.45, 2.75) is 52.0 Å². The molecule has 132 valence electrons. The summed E-state index contributed by atoms with van der Waals surface area (Å²) in [6, 6.07) is 7.62. The monoisotopic (exact) mass is 339 g/mol. The largest absolute Gasteiger partial charge is 0.352 e. The molecule has 0 fully saturated rings. The van der Waals surface area contributed by atoms with E-state index in [1.165, 1.54) is 5.69 Å². The van der Waals surface area contributed by atoms with Crippen LogP contribution in [0.1, 0.15) is 65.5 Å². The highest BCUT2D eigenvalue weighted by Gasteiger charge is 2.30. The van der Waals surface area contributed by atoms with E-state index in [2.05, 4.69) is 24.3 Å². The van der Waals surface area contributed by atoms with Gasteiger partial charge in [0.2, 0.25) is 5.91 Å². The van der Waals surface area contributed by atoms with Crippen molar-refractivity contribution in [3.05, 3.63) is 52.3 Å². The molecule has 0 spiro atoms. The van der Waals surface area contributed by atoms with Crippen LogP contribution in [0.2, 0.25) is 0 Å². The van der Waals surface area contributed by atoms with E-state index in [1.54, 1.807) is 0 Å². The van der Waals surface area contributed by atoms with Gasteiger partial charge in [0.25, 0.3) is 0 Å². The van der Waals surface area contributed by atoms with Crippen LogP contribution < -0.4 is 5.32 Å². The predicted octanol–water partition coefficient (Wildman–Crippen LogP) is 2.92. The van der Waals surface area contributed by atoms with E-state index in [9.17, 15) is 9.59 Å². The van der Waals surface area contributed by atoms with Gasteiger partial charge in [0.05, 0.1) is 5.69 Å². The van der Waals surface area contributed by atoms with E-state index in [1.807, 2.05) is 36.0 Å². The zero-order chi connectivity index (χ0) is 18.0. The third-order valence-electron chi connectivity index (χ3n) is 5.05. The van der Waals surface area contributed by atoms with E-state index < -0.39 is 0 Å². The first-order valence-corrected chi connectivity index (χ1v) is 8.97. The molecular weight excluding hydrogens is 314 g/mol. The Bertz CT molecular complexity index is 807. The number of aryl methyl sites for hydroxylation is 2. The van der Waals surface area contributed by atoms with Gasteiger partial charge >= 0.3 is 0 Å². The molecule has 0 bridgehead atoms. The molecule has 25 heavy (non-hydrogen) atoms. The summed E-state index contributed by atoms with van der Waals surface area (Å²) in [5.74, 6) is 0.124. The Kier molecular flexibility index (Phi) is 5.02. The molecule has 3 rings (SSSR count). The molecule has 1 unspecified atom stereocenters. The molecule has 1 aliphatic carbocycles. The number of aromatic nitrogens is 2. The van der Waals surface area contributed by atoms with Crippen molar-refractivity contribution in [1.29, 1.82) is 0 Å². The van der Waals surface area contributed by atoms with Crippen LogP contribution in [0.5, 0.6) is 0 Å². The standard InChI is InChI=1S/C20H25N3O2/c1-4-17-16(18(5-2)23(3)22-17)12-21-20(25)11-13-10-19(24)15-9-7-6-8-14(13)15/h6-9,13H,4-5,10-12H2,1-3H3,(H,21,25). The van der Waals surface area contributed by atoms with Gasteiger partial charge in [0.15, 0.2) is 5.78 Å². The molecule has 1 aliphatic rings. The van der Waals surface area contributed by atoms with Crippen LogP contribution in [0.25, 0.3) is 0 Å². The minimum absolute atomic E-state index is 0.00566. The summed E-state index contributed by atoms with van der Waals surface area (Å²) in [7, 11) is 1.95. The molecule has 1 heterocycles. The number of benzene rings is 1. The third kappa shape index (κ3) is 3.36. The first kappa shape index (κ1) is 17.4. The van der Waals surface area contributed by atoms with Crippen LogP contribution in [0, 0.1) is 0 Å². The summed E-state index contributed by atoms with van der Waals surface area (Å²) in [5, 5.41) is 7.57. The Morgan fingerprint density at radius 3 is 2.76 bits per heavy atom. The van der Waals surface area contributed by atoms with E-state index in [-0.39, 0.29) is 17.6 Å². The molecule has 1 aromatic carbocycles. The molecule has 0 aliphatic heterocycles. The van der Waals surface area contributed by atoms with Gasteiger partial charge in [0, 0.05) is 49.2 Å². The van der Waals surface area contributed by atoms with Crippen LogP contribution in [-0.4, -0.2) is 21.5 Å². The number of hydrogen-bond donors (Lipinski definition) is 1. The molecule has 1 aromatic heterocycles. The second-order valence-corrected chi connectivity index (χ2v) is 6.59. The van der Waals surface area contributed by atoms with Crippen molar-refractivity contribution in [3.8, 4) is 0 Å². The molecule has 1 N–H and O–H groups in total. The van der Waals surface area contributed by atoms with Crippen molar-refractivity contribution in [2.75, 3.05) is 0 Å².